The Hall–Kier alpha value is -3.37. The Bertz CT molecular complexity index is 1160. The third-order valence-corrected chi connectivity index (χ3v) is 4.68. The highest BCUT2D eigenvalue weighted by Gasteiger charge is 2.16. The number of nitrogens with one attached hydrogen (secondary N) is 1. The number of rotatable bonds is 4. The molecule has 0 fully saturated rings. The number of carbonyl (C=O) groups excluding carboxylic acids is 1. The number of para-hydroxylation sites is 1. The Balaban J connectivity index is 1.81. The Kier molecular flexibility index (Phi) is 4.96. The lowest BCUT2D eigenvalue weighted by atomic mass is 10.0. The fourth-order valence-electron chi connectivity index (χ4n) is 3.09. The van der Waals surface area contributed by atoms with Crippen LogP contribution < -0.4 is 10.1 Å². The summed E-state index contributed by atoms with van der Waals surface area (Å²) in [5, 5.41) is 4.21. The summed E-state index contributed by atoms with van der Waals surface area (Å²) in [6.45, 7) is 0. The highest BCUT2D eigenvalue weighted by atomic mass is 35.5. The maximum atomic E-state index is 13.2. The van der Waals surface area contributed by atoms with Crippen LogP contribution in [0.3, 0.4) is 0 Å². The molecule has 1 heterocycles. The molecule has 0 saturated carbocycles. The summed E-state index contributed by atoms with van der Waals surface area (Å²) in [6, 6.07) is 24.3. The van der Waals surface area contributed by atoms with E-state index in [2.05, 4.69) is 5.32 Å². The van der Waals surface area contributed by atoms with E-state index in [1.807, 2.05) is 60.7 Å². The van der Waals surface area contributed by atoms with Crippen molar-refractivity contribution in [2.75, 3.05) is 12.4 Å². The summed E-state index contributed by atoms with van der Waals surface area (Å²) in [6.07, 6.45) is 0. The first kappa shape index (κ1) is 18.0. The lowest BCUT2D eigenvalue weighted by molar-refractivity contribution is 0.102. The second-order valence-corrected chi connectivity index (χ2v) is 6.67. The van der Waals surface area contributed by atoms with Crippen molar-refractivity contribution in [3.63, 3.8) is 0 Å². The number of anilines is 1. The molecule has 3 aromatic carbocycles. The largest absolute Gasteiger partial charge is 0.495 e. The normalized spacial score (nSPS) is 10.6. The van der Waals surface area contributed by atoms with E-state index >= 15 is 0 Å². The van der Waals surface area contributed by atoms with E-state index in [9.17, 15) is 4.79 Å². The second kappa shape index (κ2) is 7.71. The smallest absolute Gasteiger partial charge is 0.256 e. The van der Waals surface area contributed by atoms with Crippen LogP contribution in [0.15, 0.2) is 78.9 Å². The zero-order valence-corrected chi connectivity index (χ0v) is 15.9. The second-order valence-electron chi connectivity index (χ2n) is 6.24. The number of aromatic nitrogens is 1. The molecule has 0 radical (unpaired) electrons. The molecule has 0 spiro atoms. The summed E-state index contributed by atoms with van der Waals surface area (Å²) < 4.78 is 5.33. The van der Waals surface area contributed by atoms with Gasteiger partial charge in [-0.25, -0.2) is 4.98 Å². The molecule has 0 atom stereocenters. The first-order valence-electron chi connectivity index (χ1n) is 8.76. The van der Waals surface area contributed by atoms with Gasteiger partial charge in [0.05, 0.1) is 29.6 Å². The molecular formula is C23H17ClN2O2. The topological polar surface area (TPSA) is 51.2 Å². The summed E-state index contributed by atoms with van der Waals surface area (Å²) in [5.41, 5.74) is 3.49. The number of halogens is 1. The zero-order chi connectivity index (χ0) is 19.5. The van der Waals surface area contributed by atoms with E-state index in [1.165, 1.54) is 0 Å². The van der Waals surface area contributed by atoms with Crippen LogP contribution in [0.2, 0.25) is 5.02 Å². The predicted octanol–water partition coefficient (Wildman–Crippen LogP) is 5.82. The number of nitrogens with zero attached hydrogens (tertiary/aromatic N) is 1. The molecule has 0 bridgehead atoms. The van der Waals surface area contributed by atoms with Crippen LogP contribution in [0.25, 0.3) is 22.2 Å². The molecular weight excluding hydrogens is 372 g/mol. The van der Waals surface area contributed by atoms with E-state index in [0.29, 0.717) is 22.0 Å². The van der Waals surface area contributed by atoms with Gasteiger partial charge in [0.15, 0.2) is 0 Å². The van der Waals surface area contributed by atoms with E-state index in [1.54, 1.807) is 25.3 Å². The van der Waals surface area contributed by atoms with Crippen molar-refractivity contribution in [1.82, 2.24) is 4.98 Å². The molecule has 0 aliphatic rings. The van der Waals surface area contributed by atoms with Crippen LogP contribution in [0.1, 0.15) is 10.4 Å². The molecule has 28 heavy (non-hydrogen) atoms. The summed E-state index contributed by atoms with van der Waals surface area (Å²) in [4.78, 5) is 17.9. The SMILES string of the molecule is COc1ccc(Cl)cc1NC(=O)c1cc(-c2ccccc2)nc2ccccc12. The molecule has 1 aromatic heterocycles. The van der Waals surface area contributed by atoms with Crippen molar-refractivity contribution in [1.29, 1.82) is 0 Å². The minimum atomic E-state index is -0.253. The lowest BCUT2D eigenvalue weighted by Crippen LogP contribution is -2.14. The van der Waals surface area contributed by atoms with Crippen LogP contribution in [0.4, 0.5) is 5.69 Å². The summed E-state index contributed by atoms with van der Waals surface area (Å²) in [7, 11) is 1.55. The monoisotopic (exact) mass is 388 g/mol. The van der Waals surface area contributed by atoms with Crippen LogP contribution >= 0.6 is 11.6 Å². The number of hydrogen-bond donors (Lipinski definition) is 1. The van der Waals surface area contributed by atoms with Gasteiger partial charge in [0.1, 0.15) is 5.75 Å². The first-order valence-corrected chi connectivity index (χ1v) is 9.13. The summed E-state index contributed by atoms with van der Waals surface area (Å²) in [5.74, 6) is 0.288. The number of pyridine rings is 1. The van der Waals surface area contributed by atoms with E-state index < -0.39 is 0 Å². The van der Waals surface area contributed by atoms with Crippen LogP contribution in [0.5, 0.6) is 5.75 Å². The van der Waals surface area contributed by atoms with E-state index in [-0.39, 0.29) is 5.91 Å². The van der Waals surface area contributed by atoms with Crippen molar-refractivity contribution in [3.05, 3.63) is 89.4 Å². The fraction of sp³-hybridized carbons (Fsp3) is 0.0435. The number of benzene rings is 3. The highest BCUT2D eigenvalue weighted by Crippen LogP contribution is 2.30. The van der Waals surface area contributed by atoms with Gasteiger partial charge < -0.3 is 10.1 Å². The van der Waals surface area contributed by atoms with Crippen LogP contribution in [-0.4, -0.2) is 18.0 Å². The van der Waals surface area contributed by atoms with Crippen LogP contribution in [-0.2, 0) is 0 Å². The van der Waals surface area contributed by atoms with Gasteiger partial charge in [-0.05, 0) is 30.3 Å². The van der Waals surface area contributed by atoms with Crippen molar-refractivity contribution >= 4 is 34.1 Å². The minimum Gasteiger partial charge on any atom is -0.495 e. The highest BCUT2D eigenvalue weighted by molar-refractivity contribution is 6.31. The van der Waals surface area contributed by atoms with E-state index in [0.717, 1.165) is 22.2 Å². The molecule has 4 aromatic rings. The first-order chi connectivity index (χ1) is 13.7. The van der Waals surface area contributed by atoms with E-state index in [4.69, 9.17) is 21.3 Å². The van der Waals surface area contributed by atoms with Gasteiger partial charge in [-0.15, -0.1) is 0 Å². The molecule has 0 aliphatic carbocycles. The maximum absolute atomic E-state index is 13.2. The quantitative estimate of drug-likeness (QED) is 0.479. The third-order valence-electron chi connectivity index (χ3n) is 4.44. The Morgan fingerprint density at radius 3 is 2.50 bits per heavy atom. The Labute approximate surface area is 167 Å². The zero-order valence-electron chi connectivity index (χ0n) is 15.1. The molecule has 0 saturated heterocycles. The summed E-state index contributed by atoms with van der Waals surface area (Å²) >= 11 is 6.09. The lowest BCUT2D eigenvalue weighted by Gasteiger charge is -2.13. The number of ether oxygens (including phenoxy) is 1. The van der Waals surface area contributed by atoms with Gasteiger partial charge in [-0.1, -0.05) is 60.1 Å². The van der Waals surface area contributed by atoms with Crippen molar-refractivity contribution < 1.29 is 9.53 Å². The van der Waals surface area contributed by atoms with Gasteiger partial charge in [0.2, 0.25) is 0 Å². The number of hydrogen-bond acceptors (Lipinski definition) is 3. The number of amides is 1. The Morgan fingerprint density at radius 2 is 1.71 bits per heavy atom. The van der Waals surface area contributed by atoms with Gasteiger partial charge >= 0.3 is 0 Å². The average Bonchev–Trinajstić information content (AvgIpc) is 2.73. The molecule has 0 aliphatic heterocycles. The Morgan fingerprint density at radius 1 is 0.964 bits per heavy atom. The van der Waals surface area contributed by atoms with Gasteiger partial charge in [-0.3, -0.25) is 4.79 Å². The number of carbonyl (C=O) groups is 1. The molecule has 0 unspecified atom stereocenters. The predicted molar refractivity (Wildman–Crippen MR) is 113 cm³/mol. The van der Waals surface area contributed by atoms with Crippen molar-refractivity contribution in [2.45, 2.75) is 0 Å². The third kappa shape index (κ3) is 3.55. The van der Waals surface area contributed by atoms with Gasteiger partial charge in [0.25, 0.3) is 5.91 Å². The van der Waals surface area contributed by atoms with Gasteiger partial charge in [-0.2, -0.15) is 0 Å². The molecule has 1 N–H and O–H groups in total. The minimum absolute atomic E-state index is 0.253. The fourth-order valence-corrected chi connectivity index (χ4v) is 3.26. The molecule has 4 rings (SSSR count). The van der Waals surface area contributed by atoms with Crippen LogP contribution in [0, 0.1) is 0 Å². The molecule has 5 heteroatoms. The van der Waals surface area contributed by atoms with Gasteiger partial charge in [0, 0.05) is 16.0 Å². The maximum Gasteiger partial charge on any atom is 0.256 e. The standard InChI is InChI=1S/C23H17ClN2O2/c1-28-22-12-11-16(24)13-21(22)26-23(27)18-14-20(15-7-3-2-4-8-15)25-19-10-6-5-9-17(18)19/h2-14H,1H3,(H,26,27). The van der Waals surface area contributed by atoms with Crippen molar-refractivity contribution in [2.24, 2.45) is 0 Å². The molecule has 4 nitrogen and oxygen atoms in total. The van der Waals surface area contributed by atoms with Crippen molar-refractivity contribution in [3.8, 4) is 17.0 Å². The number of methoxy groups -OCH3 is 1. The average molecular weight is 389 g/mol. The molecule has 138 valence electrons. The molecule has 1 amide bonds. The number of fused-ring (bicyclic) bond motifs is 1.